The molecule has 0 heterocycles. The van der Waals surface area contributed by atoms with Gasteiger partial charge in [-0.3, -0.25) is 9.59 Å². The summed E-state index contributed by atoms with van der Waals surface area (Å²) >= 11 is 12.4. The third-order valence-corrected chi connectivity index (χ3v) is 4.92. The van der Waals surface area contributed by atoms with Crippen molar-refractivity contribution in [1.29, 1.82) is 0 Å². The van der Waals surface area contributed by atoms with Crippen LogP contribution in [0.2, 0.25) is 10.0 Å². The van der Waals surface area contributed by atoms with Crippen molar-refractivity contribution in [2.75, 3.05) is 31.7 Å². The average molecular weight is 526 g/mol. The number of amides is 1. The number of benzene rings is 2. The Morgan fingerprint density at radius 1 is 0.829 bits per heavy atom. The molecule has 1 N–H and O–H groups in total. The summed E-state index contributed by atoms with van der Waals surface area (Å²) in [6.45, 7) is 9.87. The molecule has 0 fully saturated rings. The van der Waals surface area contributed by atoms with Gasteiger partial charge in [-0.25, -0.2) is 0 Å². The van der Waals surface area contributed by atoms with E-state index in [9.17, 15) is 9.59 Å². The Morgan fingerprint density at radius 3 is 1.86 bits per heavy atom. The largest absolute Gasteiger partial charge is 0.492 e. The molecular weight excluding hydrogens is 497 g/mol. The number of Topliss-reactive ketones (excluding diaryl/α,β-unsaturated/α-hetero) is 1. The topological polar surface area (TPSA) is 108 Å². The molecule has 0 bridgehead atoms. The molecule has 0 aliphatic rings. The second kappa shape index (κ2) is 13.7. The molecule has 11 heteroatoms. The molecule has 190 valence electrons. The fourth-order valence-corrected chi connectivity index (χ4v) is 3.40. The number of rotatable bonds is 13. The van der Waals surface area contributed by atoms with Crippen molar-refractivity contribution in [2.45, 2.75) is 40.7 Å². The zero-order valence-electron chi connectivity index (χ0n) is 20.3. The molecule has 2 rings (SSSR count). The summed E-state index contributed by atoms with van der Waals surface area (Å²) in [7, 11) is 0. The molecule has 2 aromatic rings. The highest BCUT2D eigenvalue weighted by Gasteiger charge is 2.26. The van der Waals surface area contributed by atoms with E-state index in [4.69, 9.17) is 42.1 Å². The van der Waals surface area contributed by atoms with Gasteiger partial charge in [0.2, 0.25) is 6.04 Å². The van der Waals surface area contributed by atoms with Crippen molar-refractivity contribution < 1.29 is 28.5 Å². The van der Waals surface area contributed by atoms with Crippen LogP contribution in [0.3, 0.4) is 0 Å². The summed E-state index contributed by atoms with van der Waals surface area (Å²) in [5.41, 5.74) is 0.486. The van der Waals surface area contributed by atoms with Crippen LogP contribution in [0.4, 0.5) is 11.4 Å². The van der Waals surface area contributed by atoms with E-state index in [1.54, 1.807) is 39.0 Å². The third-order valence-electron chi connectivity index (χ3n) is 4.40. The second-order valence-corrected chi connectivity index (χ2v) is 7.82. The molecule has 0 aliphatic heterocycles. The van der Waals surface area contributed by atoms with Crippen LogP contribution >= 0.6 is 23.2 Å². The molecule has 0 spiro atoms. The lowest BCUT2D eigenvalue weighted by atomic mass is 10.2. The second-order valence-electron chi connectivity index (χ2n) is 6.98. The Labute approximate surface area is 214 Å². The Morgan fingerprint density at radius 2 is 1.34 bits per heavy atom. The smallest absolute Gasteiger partial charge is 0.258 e. The molecule has 0 saturated carbocycles. The first-order valence-corrected chi connectivity index (χ1v) is 11.9. The van der Waals surface area contributed by atoms with Crippen LogP contribution in [0, 0.1) is 0 Å². The zero-order valence-corrected chi connectivity index (χ0v) is 21.8. The number of ether oxygens (including phenoxy) is 4. The average Bonchev–Trinajstić information content (AvgIpc) is 2.78. The highest BCUT2D eigenvalue weighted by Crippen LogP contribution is 2.41. The molecule has 0 aromatic heterocycles. The van der Waals surface area contributed by atoms with Crippen molar-refractivity contribution >= 4 is 46.3 Å². The summed E-state index contributed by atoms with van der Waals surface area (Å²) < 4.78 is 22.3. The third kappa shape index (κ3) is 7.73. The first-order valence-electron chi connectivity index (χ1n) is 11.2. The van der Waals surface area contributed by atoms with Gasteiger partial charge in [-0.2, -0.15) is 5.11 Å². The molecule has 0 radical (unpaired) electrons. The van der Waals surface area contributed by atoms with E-state index in [0.29, 0.717) is 54.4 Å². The monoisotopic (exact) mass is 525 g/mol. The van der Waals surface area contributed by atoms with E-state index >= 15 is 0 Å². The zero-order chi connectivity index (χ0) is 26.0. The highest BCUT2D eigenvalue weighted by atomic mass is 35.5. The molecule has 35 heavy (non-hydrogen) atoms. The summed E-state index contributed by atoms with van der Waals surface area (Å²) in [5, 5.41) is 11.5. The minimum absolute atomic E-state index is 0.219. The first kappa shape index (κ1) is 28.2. The van der Waals surface area contributed by atoms with Gasteiger partial charge in [0, 0.05) is 23.2 Å². The van der Waals surface area contributed by atoms with Crippen LogP contribution in [-0.2, 0) is 9.59 Å². The first-order chi connectivity index (χ1) is 16.7. The number of carbonyl (C=O) groups excluding carboxylic acids is 2. The maximum absolute atomic E-state index is 13.0. The van der Waals surface area contributed by atoms with Crippen LogP contribution < -0.4 is 24.3 Å². The van der Waals surface area contributed by atoms with Crippen LogP contribution in [0.5, 0.6) is 23.0 Å². The molecule has 0 saturated heterocycles. The lowest BCUT2D eigenvalue weighted by Crippen LogP contribution is -2.32. The Bertz CT molecular complexity index is 1050. The summed E-state index contributed by atoms with van der Waals surface area (Å²) in [6.07, 6.45) is 0. The van der Waals surface area contributed by atoms with Crippen LogP contribution in [0.1, 0.15) is 34.6 Å². The summed E-state index contributed by atoms with van der Waals surface area (Å²) in [5.74, 6) is 0.132. The summed E-state index contributed by atoms with van der Waals surface area (Å²) in [6, 6.07) is 4.73. The number of carbonyl (C=O) groups is 2. The number of halogens is 2. The molecule has 1 unspecified atom stereocenters. The Balaban J connectivity index is 2.41. The Hall–Kier alpha value is -3.04. The minimum Gasteiger partial charge on any atom is -0.492 e. The predicted octanol–water partition coefficient (Wildman–Crippen LogP) is 6.27. The fraction of sp³-hybridized carbons (Fsp3) is 0.417. The number of nitrogens with zero attached hydrogens (tertiary/aromatic N) is 2. The lowest BCUT2D eigenvalue weighted by molar-refractivity contribution is -0.126. The number of hydrogen-bond donors (Lipinski definition) is 1. The maximum Gasteiger partial charge on any atom is 0.258 e. The van der Waals surface area contributed by atoms with Gasteiger partial charge in [0.25, 0.3) is 5.91 Å². The van der Waals surface area contributed by atoms with E-state index in [1.165, 1.54) is 13.0 Å². The van der Waals surface area contributed by atoms with Crippen molar-refractivity contribution in [1.82, 2.24) is 0 Å². The van der Waals surface area contributed by atoms with Gasteiger partial charge in [0.1, 0.15) is 11.5 Å². The normalized spacial score (nSPS) is 11.7. The van der Waals surface area contributed by atoms with E-state index in [1.807, 2.05) is 6.92 Å². The van der Waals surface area contributed by atoms with E-state index < -0.39 is 17.7 Å². The standard InChI is InChI=1S/C24H29Cl2N3O6/c1-6-32-18-13-19(33-7-2)17(12-16(18)26)27-24(31)22(14(5)30)28-29-23-20(34-8-3)10-15(25)11-21(23)35-9-4/h10-13,22H,6-9H2,1-5H3,(H,27,31). The van der Waals surface area contributed by atoms with Crippen molar-refractivity contribution in [2.24, 2.45) is 10.2 Å². The quantitative estimate of drug-likeness (QED) is 0.244. The SMILES string of the molecule is CCOc1cc(OCC)c(NC(=O)C(N=Nc2c(OCC)cc(Cl)cc2OCC)C(C)=O)cc1Cl. The molecule has 9 nitrogen and oxygen atoms in total. The highest BCUT2D eigenvalue weighted by molar-refractivity contribution is 6.32. The minimum atomic E-state index is -1.45. The molecular formula is C24H29Cl2N3O6. The molecule has 0 aliphatic carbocycles. The Kier molecular flexibility index (Phi) is 11.1. The van der Waals surface area contributed by atoms with E-state index in [0.717, 1.165) is 0 Å². The fourth-order valence-electron chi connectivity index (χ4n) is 2.99. The lowest BCUT2D eigenvalue weighted by Gasteiger charge is -2.16. The van der Waals surface area contributed by atoms with E-state index in [2.05, 4.69) is 15.5 Å². The van der Waals surface area contributed by atoms with Gasteiger partial charge in [-0.15, -0.1) is 5.11 Å². The van der Waals surface area contributed by atoms with Gasteiger partial charge in [0.05, 0.1) is 37.1 Å². The van der Waals surface area contributed by atoms with Crippen molar-refractivity contribution in [3.05, 3.63) is 34.3 Å². The molecule has 1 atom stereocenters. The number of anilines is 1. The number of nitrogens with one attached hydrogen (secondary N) is 1. The van der Waals surface area contributed by atoms with Gasteiger partial charge >= 0.3 is 0 Å². The van der Waals surface area contributed by atoms with Gasteiger partial charge in [-0.05, 0) is 40.7 Å². The van der Waals surface area contributed by atoms with Gasteiger partial charge in [-0.1, -0.05) is 23.2 Å². The van der Waals surface area contributed by atoms with E-state index in [-0.39, 0.29) is 16.4 Å². The number of hydrogen-bond acceptors (Lipinski definition) is 8. The summed E-state index contributed by atoms with van der Waals surface area (Å²) in [4.78, 5) is 25.3. The number of ketones is 1. The van der Waals surface area contributed by atoms with Gasteiger partial charge in [0.15, 0.2) is 23.0 Å². The van der Waals surface area contributed by atoms with Crippen LogP contribution in [0.15, 0.2) is 34.5 Å². The van der Waals surface area contributed by atoms with Crippen molar-refractivity contribution in [3.8, 4) is 23.0 Å². The maximum atomic E-state index is 13.0. The van der Waals surface area contributed by atoms with Gasteiger partial charge < -0.3 is 24.3 Å². The number of azo groups is 1. The van der Waals surface area contributed by atoms with Crippen LogP contribution in [-0.4, -0.2) is 44.2 Å². The molecule has 1 amide bonds. The van der Waals surface area contributed by atoms with Crippen LogP contribution in [0.25, 0.3) is 0 Å². The molecule has 2 aromatic carbocycles. The predicted molar refractivity (Wildman–Crippen MR) is 135 cm³/mol. The van der Waals surface area contributed by atoms with Crippen molar-refractivity contribution in [3.63, 3.8) is 0 Å².